The molecule has 2 aromatic rings. The molecule has 1 aliphatic rings. The van der Waals surface area contributed by atoms with E-state index >= 15 is 0 Å². The molecule has 6 nitrogen and oxygen atoms in total. The predicted octanol–water partition coefficient (Wildman–Crippen LogP) is 4.47. The van der Waals surface area contributed by atoms with Crippen molar-refractivity contribution in [1.82, 2.24) is 9.62 Å². The molecule has 1 fully saturated rings. The number of ether oxygens (including phenoxy) is 1. The van der Waals surface area contributed by atoms with Crippen molar-refractivity contribution >= 4 is 27.5 Å². The summed E-state index contributed by atoms with van der Waals surface area (Å²) in [6, 6.07) is 12.6. The van der Waals surface area contributed by atoms with Crippen molar-refractivity contribution < 1.29 is 17.9 Å². The van der Waals surface area contributed by atoms with Gasteiger partial charge in [-0.3, -0.25) is 4.79 Å². The normalized spacial score (nSPS) is 18.2. The summed E-state index contributed by atoms with van der Waals surface area (Å²) in [6.07, 6.45) is 2.07. The maximum Gasteiger partial charge on any atom is 0.224 e. The van der Waals surface area contributed by atoms with Crippen LogP contribution in [-0.2, 0) is 20.6 Å². The highest BCUT2D eigenvalue weighted by Gasteiger charge is 2.33. The second-order valence-electron chi connectivity index (χ2n) is 8.28. The van der Waals surface area contributed by atoms with Gasteiger partial charge in [-0.2, -0.15) is 0 Å². The van der Waals surface area contributed by atoms with Gasteiger partial charge in [-0.15, -0.1) is 0 Å². The van der Waals surface area contributed by atoms with E-state index in [0.717, 1.165) is 23.3 Å². The minimum absolute atomic E-state index is 0.104. The quantitative estimate of drug-likeness (QED) is 0.607. The van der Waals surface area contributed by atoms with Gasteiger partial charge < -0.3 is 10.1 Å². The molecule has 2 aromatic carbocycles. The lowest BCUT2D eigenvalue weighted by Gasteiger charge is -2.32. The smallest absolute Gasteiger partial charge is 0.224 e. The first-order chi connectivity index (χ1) is 15.2. The first-order valence-corrected chi connectivity index (χ1v) is 12.9. The van der Waals surface area contributed by atoms with Crippen molar-refractivity contribution in [2.45, 2.75) is 44.9 Å². The maximum atomic E-state index is 13.0. The van der Waals surface area contributed by atoms with E-state index in [9.17, 15) is 13.2 Å². The van der Waals surface area contributed by atoms with Crippen LogP contribution in [0.4, 0.5) is 0 Å². The van der Waals surface area contributed by atoms with Crippen LogP contribution in [0.5, 0.6) is 5.75 Å². The molecule has 32 heavy (non-hydrogen) atoms. The number of hydrogen-bond acceptors (Lipinski definition) is 4. The monoisotopic (exact) mass is 478 g/mol. The molecule has 0 aliphatic carbocycles. The zero-order valence-corrected chi connectivity index (χ0v) is 20.4. The Morgan fingerprint density at radius 3 is 2.72 bits per heavy atom. The fourth-order valence-electron chi connectivity index (χ4n) is 4.17. The van der Waals surface area contributed by atoms with Gasteiger partial charge in [-0.25, -0.2) is 12.7 Å². The number of nitrogens with zero attached hydrogens (tertiary/aromatic N) is 1. The number of nitrogens with one attached hydrogen (secondary N) is 1. The van der Waals surface area contributed by atoms with E-state index < -0.39 is 10.0 Å². The van der Waals surface area contributed by atoms with Gasteiger partial charge in [0.25, 0.3) is 0 Å². The Morgan fingerprint density at radius 1 is 1.28 bits per heavy atom. The van der Waals surface area contributed by atoms with E-state index in [1.54, 1.807) is 31.4 Å². The summed E-state index contributed by atoms with van der Waals surface area (Å²) in [5, 5.41) is 3.64. The summed E-state index contributed by atoms with van der Waals surface area (Å²) in [5.41, 5.74) is 2.67. The Hall–Kier alpha value is -2.09. The third-order valence-electron chi connectivity index (χ3n) is 5.93. The number of carbonyl (C=O) groups is 1. The van der Waals surface area contributed by atoms with Gasteiger partial charge in [0.1, 0.15) is 5.75 Å². The zero-order chi connectivity index (χ0) is 23.3. The van der Waals surface area contributed by atoms with Crippen LogP contribution in [0.15, 0.2) is 42.5 Å². The number of benzene rings is 2. The molecule has 0 aromatic heterocycles. The summed E-state index contributed by atoms with van der Waals surface area (Å²) in [6.45, 7) is 4.63. The van der Waals surface area contributed by atoms with Crippen LogP contribution in [0.2, 0.25) is 5.02 Å². The standard InChI is InChI=1S/C24H31ClN2O4S/c1-4-22(19-10-11-23(31-3)17(2)13-19)26-24(28)20-8-6-12-27(15-20)32(29,30)16-18-7-5-9-21(25)14-18/h5,7,9-11,13-14,20,22H,4,6,8,12,15-16H2,1-3H3,(H,26,28)/t20-,22+/m0/s1. The molecule has 1 aliphatic heterocycles. The molecular weight excluding hydrogens is 448 g/mol. The van der Waals surface area contributed by atoms with Crippen LogP contribution in [0.25, 0.3) is 0 Å². The van der Waals surface area contributed by atoms with Gasteiger partial charge in [0, 0.05) is 18.1 Å². The lowest BCUT2D eigenvalue weighted by atomic mass is 9.96. The number of carbonyl (C=O) groups excluding carboxylic acids is 1. The molecular formula is C24H31ClN2O4S. The van der Waals surface area contributed by atoms with E-state index in [2.05, 4.69) is 5.32 Å². The van der Waals surface area contributed by atoms with Crippen LogP contribution in [0, 0.1) is 12.8 Å². The van der Waals surface area contributed by atoms with Gasteiger partial charge in [0.15, 0.2) is 0 Å². The number of methoxy groups -OCH3 is 1. The van der Waals surface area contributed by atoms with Gasteiger partial charge in [0.2, 0.25) is 15.9 Å². The van der Waals surface area contributed by atoms with Gasteiger partial charge in [-0.1, -0.05) is 42.8 Å². The van der Waals surface area contributed by atoms with E-state index in [1.807, 2.05) is 32.0 Å². The first-order valence-electron chi connectivity index (χ1n) is 10.9. The lowest BCUT2D eigenvalue weighted by Crippen LogP contribution is -2.46. The minimum Gasteiger partial charge on any atom is -0.496 e. The Bertz CT molecular complexity index is 1060. The Labute approximate surface area is 196 Å². The number of rotatable bonds is 8. The molecule has 3 rings (SSSR count). The number of hydrogen-bond donors (Lipinski definition) is 1. The van der Waals surface area contributed by atoms with Crippen LogP contribution >= 0.6 is 11.6 Å². The second-order valence-corrected chi connectivity index (χ2v) is 10.7. The molecule has 0 saturated carbocycles. The molecule has 8 heteroatoms. The number of sulfonamides is 1. The number of aryl methyl sites for hydroxylation is 1. The van der Waals surface area contributed by atoms with E-state index in [0.29, 0.717) is 30.0 Å². The molecule has 0 radical (unpaired) electrons. The highest BCUT2D eigenvalue weighted by Crippen LogP contribution is 2.26. The van der Waals surface area contributed by atoms with Crippen LogP contribution in [0.3, 0.4) is 0 Å². The molecule has 1 N–H and O–H groups in total. The molecule has 0 bridgehead atoms. The van der Waals surface area contributed by atoms with Crippen molar-refractivity contribution in [1.29, 1.82) is 0 Å². The fraction of sp³-hybridized carbons (Fsp3) is 0.458. The lowest BCUT2D eigenvalue weighted by molar-refractivity contribution is -0.126. The Balaban J connectivity index is 1.67. The zero-order valence-electron chi connectivity index (χ0n) is 18.8. The fourth-order valence-corrected chi connectivity index (χ4v) is 5.98. The molecule has 1 saturated heterocycles. The second kappa shape index (κ2) is 10.7. The SMILES string of the molecule is CC[C@@H](NC(=O)[C@H]1CCCN(S(=O)(=O)Cc2cccc(Cl)c2)C1)c1ccc(OC)c(C)c1. The highest BCUT2D eigenvalue weighted by atomic mass is 35.5. The van der Waals surface area contributed by atoms with Crippen molar-refractivity contribution in [3.63, 3.8) is 0 Å². The summed E-state index contributed by atoms with van der Waals surface area (Å²) in [5.74, 6) is 0.215. The van der Waals surface area contributed by atoms with Crippen molar-refractivity contribution in [3.8, 4) is 5.75 Å². The molecule has 2 atom stereocenters. The average Bonchev–Trinajstić information content (AvgIpc) is 2.77. The summed E-state index contributed by atoms with van der Waals surface area (Å²) < 4.78 is 32.7. The highest BCUT2D eigenvalue weighted by molar-refractivity contribution is 7.88. The minimum atomic E-state index is -3.54. The third-order valence-corrected chi connectivity index (χ3v) is 7.98. The van der Waals surface area contributed by atoms with Crippen LogP contribution < -0.4 is 10.1 Å². The van der Waals surface area contributed by atoms with Crippen molar-refractivity contribution in [3.05, 3.63) is 64.2 Å². The number of halogens is 1. The molecule has 1 heterocycles. The summed E-state index contributed by atoms with van der Waals surface area (Å²) >= 11 is 6.00. The predicted molar refractivity (Wildman–Crippen MR) is 127 cm³/mol. The maximum absolute atomic E-state index is 13.0. The van der Waals surface area contributed by atoms with Crippen LogP contribution in [0.1, 0.15) is 48.9 Å². The van der Waals surface area contributed by atoms with Crippen LogP contribution in [-0.4, -0.2) is 38.8 Å². The Kier molecular flexibility index (Phi) is 8.20. The van der Waals surface area contributed by atoms with E-state index in [4.69, 9.17) is 16.3 Å². The molecule has 0 unspecified atom stereocenters. The molecule has 1 amide bonds. The number of piperidine rings is 1. The topological polar surface area (TPSA) is 75.7 Å². The van der Waals surface area contributed by atoms with E-state index in [-0.39, 0.29) is 30.2 Å². The third kappa shape index (κ3) is 6.03. The molecule has 174 valence electrons. The van der Waals surface area contributed by atoms with Crippen molar-refractivity contribution in [2.24, 2.45) is 5.92 Å². The largest absolute Gasteiger partial charge is 0.496 e. The van der Waals surface area contributed by atoms with E-state index in [1.165, 1.54) is 4.31 Å². The van der Waals surface area contributed by atoms with Gasteiger partial charge in [0.05, 0.1) is 24.8 Å². The average molecular weight is 479 g/mol. The summed E-state index contributed by atoms with van der Waals surface area (Å²) in [4.78, 5) is 13.0. The number of amides is 1. The van der Waals surface area contributed by atoms with Crippen molar-refractivity contribution in [2.75, 3.05) is 20.2 Å². The Morgan fingerprint density at radius 2 is 2.06 bits per heavy atom. The first kappa shape index (κ1) is 24.6. The van der Waals surface area contributed by atoms with Gasteiger partial charge >= 0.3 is 0 Å². The molecule has 0 spiro atoms. The van der Waals surface area contributed by atoms with Gasteiger partial charge in [-0.05, 0) is 61.1 Å². The summed E-state index contributed by atoms with van der Waals surface area (Å²) in [7, 11) is -1.90.